The van der Waals surface area contributed by atoms with Gasteiger partial charge in [0.1, 0.15) is 0 Å². The number of benzene rings is 2. The van der Waals surface area contributed by atoms with E-state index in [-0.39, 0.29) is 24.0 Å². The number of halogens is 1. The molecule has 6 heteroatoms. The number of rotatable bonds is 5. The Morgan fingerprint density at radius 2 is 1.70 bits per heavy atom. The maximum absolute atomic E-state index is 5.48. The molecule has 2 heterocycles. The van der Waals surface area contributed by atoms with Gasteiger partial charge in [0.2, 0.25) is 0 Å². The minimum atomic E-state index is 0. The van der Waals surface area contributed by atoms with Crippen molar-refractivity contribution in [3.63, 3.8) is 0 Å². The number of ether oxygens (including phenoxy) is 1. The first-order chi connectivity index (χ1) is 14.3. The Hall–Kier alpha value is -1.64. The highest BCUT2D eigenvalue weighted by Gasteiger charge is 2.26. The molecule has 0 aromatic heterocycles. The number of likely N-dealkylation sites (tertiary alicyclic amines) is 1. The Balaban J connectivity index is 0.00000256. The molecule has 0 saturated carbocycles. The molecule has 4 rings (SSSR count). The van der Waals surface area contributed by atoms with Gasteiger partial charge < -0.3 is 15.0 Å². The second-order valence-corrected chi connectivity index (χ2v) is 7.90. The number of nitrogens with zero attached hydrogens (tertiary/aromatic N) is 3. The zero-order valence-electron chi connectivity index (χ0n) is 17.8. The summed E-state index contributed by atoms with van der Waals surface area (Å²) in [6, 6.07) is 19.6. The van der Waals surface area contributed by atoms with E-state index in [1.165, 1.54) is 23.1 Å². The minimum Gasteiger partial charge on any atom is -0.379 e. The molecule has 2 aromatic carbocycles. The minimum absolute atomic E-state index is 0. The zero-order valence-corrected chi connectivity index (χ0v) is 20.1. The van der Waals surface area contributed by atoms with Gasteiger partial charge in [-0.15, -0.1) is 24.0 Å². The second kappa shape index (κ2) is 11.7. The van der Waals surface area contributed by atoms with Crippen molar-refractivity contribution in [2.75, 3.05) is 46.4 Å². The summed E-state index contributed by atoms with van der Waals surface area (Å²) in [5, 5.41) is 3.61. The van der Waals surface area contributed by atoms with Crippen LogP contribution in [0.3, 0.4) is 0 Å². The number of hydrogen-bond donors (Lipinski definition) is 1. The fourth-order valence-electron chi connectivity index (χ4n) is 4.34. The van der Waals surface area contributed by atoms with Crippen LogP contribution in [0.4, 0.5) is 0 Å². The number of hydrogen-bond acceptors (Lipinski definition) is 3. The van der Waals surface area contributed by atoms with Gasteiger partial charge in [0.15, 0.2) is 5.96 Å². The monoisotopic (exact) mass is 520 g/mol. The van der Waals surface area contributed by atoms with Crippen molar-refractivity contribution in [2.24, 2.45) is 4.99 Å². The predicted octanol–water partition coefficient (Wildman–Crippen LogP) is 3.70. The molecule has 0 amide bonds. The topological polar surface area (TPSA) is 40.1 Å². The number of aliphatic imine (C=N–C) groups is 1. The van der Waals surface area contributed by atoms with Gasteiger partial charge in [0.25, 0.3) is 0 Å². The van der Waals surface area contributed by atoms with Crippen molar-refractivity contribution in [3.05, 3.63) is 71.3 Å². The number of morpholine rings is 1. The van der Waals surface area contributed by atoms with Crippen LogP contribution in [0, 0.1) is 0 Å². The second-order valence-electron chi connectivity index (χ2n) is 7.90. The predicted molar refractivity (Wildman–Crippen MR) is 134 cm³/mol. The summed E-state index contributed by atoms with van der Waals surface area (Å²) < 4.78 is 5.48. The van der Waals surface area contributed by atoms with Gasteiger partial charge in [-0.25, -0.2) is 0 Å². The Morgan fingerprint density at radius 1 is 1.00 bits per heavy atom. The molecule has 0 spiro atoms. The van der Waals surface area contributed by atoms with E-state index in [0.29, 0.717) is 5.92 Å². The van der Waals surface area contributed by atoms with E-state index in [1.54, 1.807) is 0 Å². The molecule has 0 radical (unpaired) electrons. The summed E-state index contributed by atoms with van der Waals surface area (Å²) in [5.41, 5.74) is 4.17. The molecule has 162 valence electrons. The summed E-state index contributed by atoms with van der Waals surface area (Å²) in [5.74, 6) is 1.59. The van der Waals surface area contributed by atoms with E-state index in [0.717, 1.165) is 58.4 Å². The third kappa shape index (κ3) is 5.95. The van der Waals surface area contributed by atoms with E-state index in [2.05, 4.69) is 74.7 Å². The molecule has 1 unspecified atom stereocenters. The Bertz CT molecular complexity index is 808. The normalized spacial score (nSPS) is 20.1. The average molecular weight is 520 g/mol. The Morgan fingerprint density at radius 3 is 2.43 bits per heavy atom. The number of nitrogens with one attached hydrogen (secondary N) is 1. The highest BCUT2D eigenvalue weighted by atomic mass is 127. The molecule has 0 aliphatic carbocycles. The molecule has 30 heavy (non-hydrogen) atoms. The highest BCUT2D eigenvalue weighted by Crippen LogP contribution is 2.27. The van der Waals surface area contributed by atoms with Crippen LogP contribution in [-0.2, 0) is 17.8 Å². The summed E-state index contributed by atoms with van der Waals surface area (Å²) in [4.78, 5) is 9.43. The fraction of sp³-hybridized carbons (Fsp3) is 0.458. The lowest BCUT2D eigenvalue weighted by molar-refractivity contribution is 0.0341. The first kappa shape index (κ1) is 23.0. The maximum atomic E-state index is 5.48. The van der Waals surface area contributed by atoms with Crippen LogP contribution >= 0.6 is 24.0 Å². The van der Waals surface area contributed by atoms with Gasteiger partial charge in [-0.2, -0.15) is 0 Å². The van der Waals surface area contributed by atoms with Gasteiger partial charge in [-0.05, 0) is 23.1 Å². The number of guanidine groups is 1. The van der Waals surface area contributed by atoms with Crippen molar-refractivity contribution < 1.29 is 4.74 Å². The molecule has 2 aromatic rings. The summed E-state index contributed by atoms with van der Waals surface area (Å²) in [7, 11) is 1.89. The SMILES string of the molecule is CN=C(NCc1ccccc1CN1CCOCC1)N1CCC(c2ccccc2)C1.I. The van der Waals surface area contributed by atoms with Crippen LogP contribution in [0.15, 0.2) is 59.6 Å². The van der Waals surface area contributed by atoms with E-state index >= 15 is 0 Å². The van der Waals surface area contributed by atoms with Crippen molar-refractivity contribution >= 4 is 29.9 Å². The van der Waals surface area contributed by atoms with Gasteiger partial charge in [0, 0.05) is 52.2 Å². The first-order valence-electron chi connectivity index (χ1n) is 10.7. The van der Waals surface area contributed by atoms with E-state index in [4.69, 9.17) is 4.74 Å². The van der Waals surface area contributed by atoms with Gasteiger partial charge in [-0.3, -0.25) is 9.89 Å². The van der Waals surface area contributed by atoms with Gasteiger partial charge >= 0.3 is 0 Å². The lowest BCUT2D eigenvalue weighted by Gasteiger charge is -2.28. The van der Waals surface area contributed by atoms with Crippen molar-refractivity contribution in [3.8, 4) is 0 Å². The third-order valence-electron chi connectivity index (χ3n) is 6.02. The molecular formula is C24H33IN4O. The van der Waals surface area contributed by atoms with Crippen LogP contribution in [0.1, 0.15) is 29.0 Å². The lowest BCUT2D eigenvalue weighted by Crippen LogP contribution is -2.40. The quantitative estimate of drug-likeness (QED) is 0.371. The van der Waals surface area contributed by atoms with Crippen molar-refractivity contribution in [2.45, 2.75) is 25.4 Å². The third-order valence-corrected chi connectivity index (χ3v) is 6.02. The molecule has 5 nitrogen and oxygen atoms in total. The molecule has 2 aliphatic heterocycles. The molecular weight excluding hydrogens is 487 g/mol. The van der Waals surface area contributed by atoms with Crippen LogP contribution in [-0.4, -0.2) is 62.2 Å². The van der Waals surface area contributed by atoms with Crippen molar-refractivity contribution in [1.29, 1.82) is 0 Å². The molecule has 2 aliphatic rings. The van der Waals surface area contributed by atoms with E-state index in [9.17, 15) is 0 Å². The van der Waals surface area contributed by atoms with Crippen LogP contribution in [0.5, 0.6) is 0 Å². The molecule has 1 N–H and O–H groups in total. The molecule has 2 saturated heterocycles. The Labute approximate surface area is 197 Å². The fourth-order valence-corrected chi connectivity index (χ4v) is 4.34. The summed E-state index contributed by atoms with van der Waals surface area (Å²) >= 11 is 0. The standard InChI is InChI=1S/C24H32N4O.HI/c1-25-24(28-12-11-23(19-28)20-7-3-2-4-8-20)26-17-21-9-5-6-10-22(21)18-27-13-15-29-16-14-27;/h2-10,23H,11-19H2,1H3,(H,25,26);1H. The first-order valence-corrected chi connectivity index (χ1v) is 10.7. The van der Waals surface area contributed by atoms with Crippen molar-refractivity contribution in [1.82, 2.24) is 15.1 Å². The molecule has 2 fully saturated rings. The Kier molecular flexibility index (Phi) is 8.96. The van der Waals surface area contributed by atoms with E-state index < -0.39 is 0 Å². The molecule has 0 bridgehead atoms. The van der Waals surface area contributed by atoms with Gasteiger partial charge in [-0.1, -0.05) is 54.6 Å². The average Bonchev–Trinajstić information content (AvgIpc) is 3.27. The highest BCUT2D eigenvalue weighted by molar-refractivity contribution is 14.0. The summed E-state index contributed by atoms with van der Waals surface area (Å²) in [6.07, 6.45) is 1.18. The summed E-state index contributed by atoms with van der Waals surface area (Å²) in [6.45, 7) is 7.57. The van der Waals surface area contributed by atoms with E-state index in [1.807, 2.05) is 7.05 Å². The van der Waals surface area contributed by atoms with Crippen LogP contribution in [0.2, 0.25) is 0 Å². The smallest absolute Gasteiger partial charge is 0.193 e. The molecule has 1 atom stereocenters. The maximum Gasteiger partial charge on any atom is 0.193 e. The zero-order chi connectivity index (χ0) is 19.9. The largest absolute Gasteiger partial charge is 0.379 e. The van der Waals surface area contributed by atoms with Gasteiger partial charge in [0.05, 0.1) is 13.2 Å². The van der Waals surface area contributed by atoms with Crippen LogP contribution < -0.4 is 5.32 Å². The lowest BCUT2D eigenvalue weighted by atomic mass is 9.99. The van der Waals surface area contributed by atoms with Crippen LogP contribution in [0.25, 0.3) is 0 Å².